The molecule has 7 heteroatoms. The average molecular weight is 582 g/mol. The highest BCUT2D eigenvalue weighted by atomic mass is 35.5. The molecule has 1 aromatic heterocycles. The molecule has 1 amide bonds. The lowest BCUT2D eigenvalue weighted by molar-refractivity contribution is -0.909. The Morgan fingerprint density at radius 3 is 2.50 bits per heavy atom. The first-order chi connectivity index (χ1) is 19.1. The van der Waals surface area contributed by atoms with E-state index in [1.165, 1.54) is 0 Å². The van der Waals surface area contributed by atoms with Crippen LogP contribution in [0.4, 0.5) is 0 Å². The third kappa shape index (κ3) is 6.22. The summed E-state index contributed by atoms with van der Waals surface area (Å²) in [5.41, 5.74) is 9.57. The zero-order valence-electron chi connectivity index (χ0n) is 23.9. The standard InChI is InChI=1S/C33H39Cl2N3O2/c1-5-7-16-25-22-24-15-11-12-17-26(24)31(37-25)40-21-20-38(3,4)28(6-2)27-18-19-33(35,32(36)39)30(34)29(27)23-13-9-8-10-14-23/h8-15,17-18,22,28H,5-7,16,19-21H2,1-4H3,(H-,36,39)/p+1/t28-,33-/m0/s1. The molecule has 0 saturated carbocycles. The van der Waals surface area contributed by atoms with Crippen molar-refractivity contribution < 1.29 is 14.0 Å². The Hall–Kier alpha value is -2.86. The zero-order chi connectivity index (χ0) is 28.9. The molecule has 212 valence electrons. The number of amides is 1. The maximum Gasteiger partial charge on any atom is 0.244 e. The molecule has 3 aromatic rings. The minimum Gasteiger partial charge on any atom is -0.471 e. The number of primary amides is 1. The van der Waals surface area contributed by atoms with Crippen molar-refractivity contribution in [2.45, 2.75) is 56.9 Å². The first-order valence-electron chi connectivity index (χ1n) is 14.1. The molecular formula is C33H40Cl2N3O2+. The van der Waals surface area contributed by atoms with Crippen molar-refractivity contribution in [3.05, 3.63) is 88.6 Å². The molecule has 0 spiro atoms. The van der Waals surface area contributed by atoms with Gasteiger partial charge in [-0.05, 0) is 42.3 Å². The summed E-state index contributed by atoms with van der Waals surface area (Å²) in [7, 11) is 4.41. The van der Waals surface area contributed by atoms with Gasteiger partial charge in [-0.25, -0.2) is 4.98 Å². The molecule has 2 atom stereocenters. The molecule has 0 radical (unpaired) electrons. The number of allylic oxidation sites excluding steroid dienone is 1. The number of hydrogen-bond donors (Lipinski definition) is 1. The summed E-state index contributed by atoms with van der Waals surface area (Å²) in [6, 6.07) is 20.4. The van der Waals surface area contributed by atoms with Gasteiger partial charge < -0.3 is 15.0 Å². The van der Waals surface area contributed by atoms with Gasteiger partial charge in [-0.15, -0.1) is 11.6 Å². The number of carbonyl (C=O) groups is 1. The smallest absolute Gasteiger partial charge is 0.244 e. The normalized spacial score (nSPS) is 18.5. The first kappa shape index (κ1) is 30.1. The Morgan fingerprint density at radius 2 is 1.82 bits per heavy atom. The Labute approximate surface area is 248 Å². The second-order valence-electron chi connectivity index (χ2n) is 11.1. The molecule has 1 aliphatic carbocycles. The number of nitrogens with zero attached hydrogens (tertiary/aromatic N) is 2. The van der Waals surface area contributed by atoms with Gasteiger partial charge in [0.05, 0.1) is 19.1 Å². The fourth-order valence-electron chi connectivity index (χ4n) is 5.62. The van der Waals surface area contributed by atoms with E-state index in [1.54, 1.807) is 0 Å². The van der Waals surface area contributed by atoms with Crippen molar-refractivity contribution in [2.24, 2.45) is 5.73 Å². The number of aromatic nitrogens is 1. The summed E-state index contributed by atoms with van der Waals surface area (Å²) in [6.07, 6.45) is 6.32. The summed E-state index contributed by atoms with van der Waals surface area (Å²) >= 11 is 13.7. The number of fused-ring (bicyclic) bond motifs is 1. The number of unbranched alkanes of at least 4 members (excludes halogenated alkanes) is 1. The predicted molar refractivity (Wildman–Crippen MR) is 167 cm³/mol. The lowest BCUT2D eigenvalue weighted by atomic mass is 9.81. The molecule has 0 unspecified atom stereocenters. The van der Waals surface area contributed by atoms with Crippen LogP contribution in [-0.2, 0) is 11.2 Å². The Balaban J connectivity index is 1.61. The van der Waals surface area contributed by atoms with Crippen molar-refractivity contribution in [1.29, 1.82) is 0 Å². The van der Waals surface area contributed by atoms with Crippen molar-refractivity contribution in [2.75, 3.05) is 27.2 Å². The third-order valence-electron chi connectivity index (χ3n) is 7.95. The lowest BCUT2D eigenvalue weighted by Crippen LogP contribution is -2.52. The number of carbonyl (C=O) groups excluding carboxylic acids is 1. The molecule has 1 aliphatic rings. The van der Waals surface area contributed by atoms with E-state index < -0.39 is 10.8 Å². The SMILES string of the molecule is CCCCc1cc2ccccc2c(OCC[N+](C)(C)[C@@H](CC)C2=CC[C@@](Cl)(C(N)=O)C(Cl)=C2c2ccccc2)n1. The summed E-state index contributed by atoms with van der Waals surface area (Å²) in [6.45, 7) is 5.61. The van der Waals surface area contributed by atoms with E-state index in [-0.39, 0.29) is 12.5 Å². The fraction of sp³-hybridized carbons (Fsp3) is 0.394. The van der Waals surface area contributed by atoms with Crippen LogP contribution in [0.5, 0.6) is 5.88 Å². The molecule has 0 aliphatic heterocycles. The average Bonchev–Trinajstić information content (AvgIpc) is 2.94. The number of rotatable bonds is 12. The van der Waals surface area contributed by atoms with E-state index in [9.17, 15) is 4.79 Å². The number of hydrogen-bond acceptors (Lipinski definition) is 3. The highest BCUT2D eigenvalue weighted by Crippen LogP contribution is 2.47. The Bertz CT molecular complexity index is 1420. The molecule has 5 nitrogen and oxygen atoms in total. The summed E-state index contributed by atoms with van der Waals surface area (Å²) in [5, 5.41) is 2.47. The number of ether oxygens (including phenoxy) is 1. The van der Waals surface area contributed by atoms with E-state index >= 15 is 0 Å². The van der Waals surface area contributed by atoms with Gasteiger partial charge in [0, 0.05) is 28.6 Å². The van der Waals surface area contributed by atoms with Crippen LogP contribution in [0.15, 0.2) is 77.3 Å². The Morgan fingerprint density at radius 1 is 1.12 bits per heavy atom. The van der Waals surface area contributed by atoms with Gasteiger partial charge >= 0.3 is 0 Å². The van der Waals surface area contributed by atoms with E-state index in [2.05, 4.69) is 52.2 Å². The van der Waals surface area contributed by atoms with E-state index in [1.807, 2.05) is 42.5 Å². The monoisotopic (exact) mass is 580 g/mol. The number of quaternary nitrogens is 1. The van der Waals surface area contributed by atoms with Crippen LogP contribution in [-0.4, -0.2) is 53.5 Å². The molecule has 0 saturated heterocycles. The van der Waals surface area contributed by atoms with Gasteiger partial charge in [0.15, 0.2) is 4.87 Å². The maximum atomic E-state index is 12.4. The molecule has 1 heterocycles. The molecule has 4 rings (SSSR count). The number of pyridine rings is 1. The van der Waals surface area contributed by atoms with Crippen molar-refractivity contribution in [3.8, 4) is 5.88 Å². The molecule has 0 fully saturated rings. The Kier molecular flexibility index (Phi) is 9.60. The number of halogens is 2. The molecule has 2 N–H and O–H groups in total. The van der Waals surface area contributed by atoms with Gasteiger partial charge in [-0.2, -0.15) is 0 Å². The predicted octanol–water partition coefficient (Wildman–Crippen LogP) is 7.25. The minimum absolute atomic E-state index is 0.0854. The number of benzene rings is 2. The van der Waals surface area contributed by atoms with Crippen molar-refractivity contribution >= 4 is 45.5 Å². The van der Waals surface area contributed by atoms with Crippen LogP contribution in [0.2, 0.25) is 0 Å². The third-order valence-corrected chi connectivity index (χ3v) is 9.09. The number of likely N-dealkylation sites (N-methyl/N-ethyl adjacent to an activating group) is 1. The second-order valence-corrected chi connectivity index (χ2v) is 12.1. The van der Waals surface area contributed by atoms with Crippen LogP contribution in [0.25, 0.3) is 16.3 Å². The maximum absolute atomic E-state index is 12.4. The summed E-state index contributed by atoms with van der Waals surface area (Å²) in [5.74, 6) is 0.0504. The highest BCUT2D eigenvalue weighted by Gasteiger charge is 2.45. The van der Waals surface area contributed by atoms with E-state index in [4.69, 9.17) is 38.7 Å². The topological polar surface area (TPSA) is 65.2 Å². The van der Waals surface area contributed by atoms with Crippen LogP contribution < -0.4 is 10.5 Å². The first-order valence-corrected chi connectivity index (χ1v) is 14.9. The molecule has 40 heavy (non-hydrogen) atoms. The fourth-order valence-corrected chi connectivity index (χ4v) is 6.18. The van der Waals surface area contributed by atoms with Crippen LogP contribution >= 0.6 is 23.2 Å². The second kappa shape index (κ2) is 12.8. The summed E-state index contributed by atoms with van der Waals surface area (Å²) in [4.78, 5) is 15.8. The van der Waals surface area contributed by atoms with Gasteiger partial charge in [-0.3, -0.25) is 4.79 Å². The lowest BCUT2D eigenvalue weighted by Gasteiger charge is -2.42. The van der Waals surface area contributed by atoms with E-state index in [0.29, 0.717) is 22.0 Å². The van der Waals surface area contributed by atoms with Crippen molar-refractivity contribution in [3.63, 3.8) is 0 Å². The van der Waals surface area contributed by atoms with Crippen LogP contribution in [0.3, 0.4) is 0 Å². The summed E-state index contributed by atoms with van der Waals surface area (Å²) < 4.78 is 7.04. The minimum atomic E-state index is -1.45. The zero-order valence-corrected chi connectivity index (χ0v) is 25.4. The number of nitrogens with two attached hydrogens (primary N) is 1. The quantitative estimate of drug-likeness (QED) is 0.181. The van der Waals surface area contributed by atoms with Gasteiger partial charge in [0.2, 0.25) is 11.8 Å². The van der Waals surface area contributed by atoms with Gasteiger partial charge in [0.1, 0.15) is 19.2 Å². The van der Waals surface area contributed by atoms with E-state index in [0.717, 1.165) is 65.4 Å². The van der Waals surface area contributed by atoms with Crippen LogP contribution in [0, 0.1) is 0 Å². The highest BCUT2D eigenvalue weighted by molar-refractivity contribution is 6.49. The largest absolute Gasteiger partial charge is 0.471 e. The number of aryl methyl sites for hydroxylation is 1. The van der Waals surface area contributed by atoms with Gasteiger partial charge in [-0.1, -0.05) is 86.5 Å². The molecule has 2 aromatic carbocycles. The van der Waals surface area contributed by atoms with Crippen LogP contribution in [0.1, 0.15) is 50.8 Å². The van der Waals surface area contributed by atoms with Gasteiger partial charge in [0.25, 0.3) is 0 Å². The molecule has 0 bridgehead atoms. The molecular weight excluding hydrogens is 541 g/mol. The van der Waals surface area contributed by atoms with Crippen molar-refractivity contribution in [1.82, 2.24) is 4.98 Å². The number of alkyl halides is 1.